The second-order valence-corrected chi connectivity index (χ2v) is 8.40. The number of fused-ring (bicyclic) bond motifs is 1. The first-order valence-corrected chi connectivity index (χ1v) is 10.5. The molecular formula is C24H27FN2O3. The fraction of sp³-hybridized carbons (Fsp3) is 0.417. The molecule has 0 radical (unpaired) electrons. The van der Waals surface area contributed by atoms with Crippen molar-refractivity contribution in [3.8, 4) is 5.75 Å². The molecular weight excluding hydrogens is 383 g/mol. The smallest absolute Gasteiger partial charge is 0.220 e. The predicted octanol–water partition coefficient (Wildman–Crippen LogP) is 3.09. The van der Waals surface area contributed by atoms with Crippen LogP contribution >= 0.6 is 0 Å². The van der Waals surface area contributed by atoms with E-state index >= 15 is 0 Å². The highest BCUT2D eigenvalue weighted by atomic mass is 19.1. The number of hydrogen-bond donors (Lipinski definition) is 2. The third kappa shape index (κ3) is 4.48. The summed E-state index contributed by atoms with van der Waals surface area (Å²) in [5, 5.41) is 6.14. The van der Waals surface area contributed by atoms with E-state index in [0.29, 0.717) is 43.4 Å². The van der Waals surface area contributed by atoms with E-state index in [0.717, 1.165) is 12.8 Å². The Hall–Kier alpha value is -2.89. The molecule has 2 aliphatic rings. The maximum absolute atomic E-state index is 14.4. The third-order valence-electron chi connectivity index (χ3n) is 6.26. The van der Waals surface area contributed by atoms with Gasteiger partial charge in [-0.1, -0.05) is 24.3 Å². The van der Waals surface area contributed by atoms with Crippen molar-refractivity contribution >= 4 is 11.8 Å². The maximum atomic E-state index is 14.4. The summed E-state index contributed by atoms with van der Waals surface area (Å²) in [6.45, 7) is 0. The highest BCUT2D eigenvalue weighted by molar-refractivity contribution is 5.80. The number of ether oxygens (including phenoxy) is 1. The molecule has 1 unspecified atom stereocenters. The number of carbonyl (C=O) groups excluding carboxylic acids is 2. The third-order valence-corrected chi connectivity index (χ3v) is 6.26. The molecule has 4 rings (SSSR count). The average Bonchev–Trinajstić information content (AvgIpc) is 3.31. The van der Waals surface area contributed by atoms with Gasteiger partial charge in [0.15, 0.2) is 0 Å². The molecule has 0 aromatic heterocycles. The molecule has 0 saturated carbocycles. The largest absolute Gasteiger partial charge is 0.497 e. The Morgan fingerprint density at radius 1 is 1.23 bits per heavy atom. The van der Waals surface area contributed by atoms with E-state index in [1.807, 2.05) is 12.1 Å². The van der Waals surface area contributed by atoms with Gasteiger partial charge in [-0.15, -0.1) is 0 Å². The summed E-state index contributed by atoms with van der Waals surface area (Å²) in [6, 6.07) is 13.0. The molecule has 1 fully saturated rings. The van der Waals surface area contributed by atoms with Crippen LogP contribution in [-0.2, 0) is 28.9 Å². The highest BCUT2D eigenvalue weighted by Gasteiger charge is 2.38. The molecule has 30 heavy (non-hydrogen) atoms. The van der Waals surface area contributed by atoms with Gasteiger partial charge in [0.25, 0.3) is 0 Å². The van der Waals surface area contributed by atoms with Crippen molar-refractivity contribution in [1.82, 2.24) is 10.6 Å². The Morgan fingerprint density at radius 3 is 2.60 bits per heavy atom. The molecule has 1 saturated heterocycles. The van der Waals surface area contributed by atoms with Gasteiger partial charge in [0.1, 0.15) is 11.6 Å². The number of amides is 2. The Labute approximate surface area is 176 Å². The van der Waals surface area contributed by atoms with Crippen molar-refractivity contribution in [2.75, 3.05) is 7.11 Å². The van der Waals surface area contributed by atoms with E-state index in [2.05, 4.69) is 22.8 Å². The molecule has 5 nitrogen and oxygen atoms in total. The van der Waals surface area contributed by atoms with Crippen LogP contribution < -0.4 is 15.4 Å². The lowest BCUT2D eigenvalue weighted by Crippen LogP contribution is -2.45. The summed E-state index contributed by atoms with van der Waals surface area (Å²) in [7, 11) is 1.54. The van der Waals surface area contributed by atoms with E-state index in [9.17, 15) is 14.0 Å². The zero-order chi connectivity index (χ0) is 21.1. The van der Waals surface area contributed by atoms with Gasteiger partial charge in [-0.3, -0.25) is 9.59 Å². The number of rotatable bonds is 7. The lowest BCUT2D eigenvalue weighted by molar-refractivity contribution is -0.123. The zero-order valence-electron chi connectivity index (χ0n) is 17.2. The van der Waals surface area contributed by atoms with Gasteiger partial charge in [0, 0.05) is 24.4 Å². The van der Waals surface area contributed by atoms with Crippen LogP contribution in [0.5, 0.6) is 5.75 Å². The van der Waals surface area contributed by atoms with Crippen LogP contribution in [0.4, 0.5) is 4.39 Å². The van der Waals surface area contributed by atoms with Crippen molar-refractivity contribution in [3.63, 3.8) is 0 Å². The van der Waals surface area contributed by atoms with Crippen LogP contribution in [-0.4, -0.2) is 30.5 Å². The van der Waals surface area contributed by atoms with Gasteiger partial charge < -0.3 is 15.4 Å². The van der Waals surface area contributed by atoms with Gasteiger partial charge in [0.2, 0.25) is 11.8 Å². The number of hydrogen-bond acceptors (Lipinski definition) is 3. The topological polar surface area (TPSA) is 67.4 Å². The van der Waals surface area contributed by atoms with Crippen LogP contribution in [0.3, 0.4) is 0 Å². The van der Waals surface area contributed by atoms with Gasteiger partial charge in [-0.2, -0.15) is 0 Å². The number of methoxy groups -OCH3 is 1. The molecule has 158 valence electrons. The first-order valence-electron chi connectivity index (χ1n) is 10.5. The molecule has 2 aromatic rings. The van der Waals surface area contributed by atoms with E-state index < -0.39 is 5.54 Å². The number of halogens is 1. The van der Waals surface area contributed by atoms with Crippen molar-refractivity contribution in [2.45, 2.75) is 56.5 Å². The zero-order valence-corrected chi connectivity index (χ0v) is 17.2. The van der Waals surface area contributed by atoms with E-state index in [1.165, 1.54) is 24.3 Å². The number of benzene rings is 2. The Kier molecular flexibility index (Phi) is 5.75. The summed E-state index contributed by atoms with van der Waals surface area (Å²) < 4.78 is 19.6. The van der Waals surface area contributed by atoms with Crippen molar-refractivity contribution in [1.29, 1.82) is 0 Å². The normalized spacial score (nSPS) is 20.7. The monoisotopic (exact) mass is 410 g/mol. The molecule has 0 spiro atoms. The Morgan fingerprint density at radius 2 is 1.97 bits per heavy atom. The minimum Gasteiger partial charge on any atom is -0.497 e. The van der Waals surface area contributed by atoms with Crippen LogP contribution in [0.1, 0.15) is 42.4 Å². The predicted molar refractivity (Wildman–Crippen MR) is 112 cm³/mol. The summed E-state index contributed by atoms with van der Waals surface area (Å²) in [5.41, 5.74) is 2.45. The van der Waals surface area contributed by atoms with Crippen LogP contribution in [0.15, 0.2) is 42.5 Å². The molecule has 1 atom stereocenters. The van der Waals surface area contributed by atoms with Crippen LogP contribution in [0.25, 0.3) is 0 Å². The van der Waals surface area contributed by atoms with Gasteiger partial charge in [0.05, 0.1) is 7.11 Å². The lowest BCUT2D eigenvalue weighted by Gasteiger charge is -2.30. The molecule has 1 aliphatic heterocycles. The number of nitrogens with one attached hydrogen (secondary N) is 2. The van der Waals surface area contributed by atoms with Crippen molar-refractivity contribution in [2.24, 2.45) is 0 Å². The second-order valence-electron chi connectivity index (χ2n) is 8.40. The standard InChI is InChI=1S/C24H27FN2O3/c1-30-20-6-7-21(25)18(14-20)15-24(11-9-23(29)27-24)10-8-22(28)26-19-12-16-4-2-3-5-17(16)13-19/h2-7,14,19H,8-13,15H2,1H3,(H,26,28)(H,27,29). The maximum Gasteiger partial charge on any atom is 0.220 e. The van der Waals surface area contributed by atoms with E-state index in [4.69, 9.17) is 4.74 Å². The molecule has 2 amide bonds. The minimum atomic E-state index is -0.611. The molecule has 1 aliphatic carbocycles. The minimum absolute atomic E-state index is 0.0283. The quantitative estimate of drug-likeness (QED) is 0.737. The first kappa shape index (κ1) is 20.4. The highest BCUT2D eigenvalue weighted by Crippen LogP contribution is 2.32. The fourth-order valence-electron chi connectivity index (χ4n) is 4.67. The summed E-state index contributed by atoms with van der Waals surface area (Å²) in [5.74, 6) is 0.165. The molecule has 2 N–H and O–H groups in total. The van der Waals surface area contributed by atoms with Crippen LogP contribution in [0.2, 0.25) is 0 Å². The van der Waals surface area contributed by atoms with Crippen molar-refractivity contribution in [3.05, 3.63) is 65.0 Å². The molecule has 6 heteroatoms. The molecule has 1 heterocycles. The Balaban J connectivity index is 1.39. The van der Waals surface area contributed by atoms with E-state index in [-0.39, 0.29) is 23.7 Å². The fourth-order valence-corrected chi connectivity index (χ4v) is 4.67. The van der Waals surface area contributed by atoms with Crippen molar-refractivity contribution < 1.29 is 18.7 Å². The first-order chi connectivity index (χ1) is 14.5. The lowest BCUT2D eigenvalue weighted by atomic mass is 9.84. The summed E-state index contributed by atoms with van der Waals surface area (Å²) in [6.07, 6.45) is 3.77. The second kappa shape index (κ2) is 8.46. The Bertz CT molecular complexity index is 936. The van der Waals surface area contributed by atoms with Crippen LogP contribution in [0, 0.1) is 5.82 Å². The van der Waals surface area contributed by atoms with E-state index in [1.54, 1.807) is 12.1 Å². The van der Waals surface area contributed by atoms with Gasteiger partial charge in [-0.05, 0) is 67.0 Å². The molecule has 2 aromatic carbocycles. The molecule has 0 bridgehead atoms. The SMILES string of the molecule is COc1ccc(F)c(CC2(CCC(=O)NC3Cc4ccccc4C3)CCC(=O)N2)c1. The van der Waals surface area contributed by atoms with Gasteiger partial charge in [-0.25, -0.2) is 4.39 Å². The summed E-state index contributed by atoms with van der Waals surface area (Å²) in [4.78, 5) is 24.6. The average molecular weight is 410 g/mol. The number of carbonyl (C=O) groups is 2. The van der Waals surface area contributed by atoms with Gasteiger partial charge >= 0.3 is 0 Å². The summed E-state index contributed by atoms with van der Waals surface area (Å²) >= 11 is 0.